The van der Waals surface area contributed by atoms with Crippen molar-refractivity contribution in [3.63, 3.8) is 0 Å². The van der Waals surface area contributed by atoms with Crippen molar-refractivity contribution in [1.82, 2.24) is 5.43 Å². The van der Waals surface area contributed by atoms with E-state index in [1.165, 1.54) is 0 Å². The van der Waals surface area contributed by atoms with E-state index in [4.69, 9.17) is 63.8 Å². The molecular weight excluding hydrogens is 305 g/mol. The maximum absolute atomic E-state index is 11.3. The first-order valence-electron chi connectivity index (χ1n) is 3.44. The maximum Gasteiger partial charge on any atom is 0.268 e. The minimum atomic E-state index is -0.703. The summed E-state index contributed by atoms with van der Waals surface area (Å²) in [4.78, 5) is 11.3. The fourth-order valence-corrected chi connectivity index (χ4v) is 2.19. The van der Waals surface area contributed by atoms with Crippen molar-refractivity contribution in [2.75, 3.05) is 0 Å². The second-order valence-corrected chi connectivity index (χ2v) is 4.31. The van der Waals surface area contributed by atoms with Crippen LogP contribution in [-0.2, 0) is 0 Å². The molecule has 0 saturated heterocycles. The Hall–Kier alpha value is 0.1000. The highest BCUT2D eigenvalue weighted by atomic mass is 35.5. The van der Waals surface area contributed by atoms with E-state index >= 15 is 0 Å². The molecule has 1 amide bonds. The van der Waals surface area contributed by atoms with E-state index in [1.54, 1.807) is 0 Å². The van der Waals surface area contributed by atoms with Crippen LogP contribution in [0.1, 0.15) is 10.4 Å². The number of carbonyl (C=O) groups is 1. The maximum atomic E-state index is 11.3. The Morgan fingerprint density at radius 3 is 1.53 bits per heavy atom. The number of hydrazine groups is 1. The van der Waals surface area contributed by atoms with Gasteiger partial charge in [-0.05, 0) is 0 Å². The molecule has 0 aliphatic heterocycles. The number of amides is 1. The third-order valence-corrected chi connectivity index (χ3v) is 3.84. The number of nitrogens with two attached hydrogens (primary N) is 1. The van der Waals surface area contributed by atoms with Crippen molar-refractivity contribution in [3.8, 4) is 0 Å². The molecule has 3 N–H and O–H groups in total. The summed E-state index contributed by atoms with van der Waals surface area (Å²) in [5, 5.41) is -0.308. The smallest absolute Gasteiger partial charge is 0.268 e. The van der Waals surface area contributed by atoms with E-state index in [-0.39, 0.29) is 30.7 Å². The van der Waals surface area contributed by atoms with Crippen molar-refractivity contribution in [1.29, 1.82) is 0 Å². The summed E-state index contributed by atoms with van der Waals surface area (Å²) < 4.78 is 0. The Balaban J connectivity index is 3.60. The molecule has 0 fully saturated rings. The van der Waals surface area contributed by atoms with Gasteiger partial charge in [0.15, 0.2) is 0 Å². The zero-order valence-electron chi connectivity index (χ0n) is 6.88. The summed E-state index contributed by atoms with van der Waals surface area (Å²) in [7, 11) is 0. The highest BCUT2D eigenvalue weighted by molar-refractivity contribution is 6.56. The first kappa shape index (κ1) is 13.2. The minimum absolute atomic E-state index is 0.0121. The average molecular weight is 308 g/mol. The van der Waals surface area contributed by atoms with Gasteiger partial charge in [-0.2, -0.15) is 0 Å². The second kappa shape index (κ2) is 4.95. The van der Waals surface area contributed by atoms with Crippen LogP contribution in [0.15, 0.2) is 0 Å². The van der Waals surface area contributed by atoms with Crippen LogP contribution in [0.25, 0.3) is 0 Å². The zero-order valence-corrected chi connectivity index (χ0v) is 10.7. The molecule has 82 valence electrons. The van der Waals surface area contributed by atoms with Crippen molar-refractivity contribution in [2.24, 2.45) is 5.84 Å². The fraction of sp³-hybridized carbons (Fsp3) is 0. The van der Waals surface area contributed by atoms with Crippen molar-refractivity contribution >= 4 is 63.9 Å². The third-order valence-electron chi connectivity index (χ3n) is 1.57. The number of hydrogen-bond acceptors (Lipinski definition) is 2. The van der Waals surface area contributed by atoms with Gasteiger partial charge in [0.25, 0.3) is 5.91 Å². The van der Waals surface area contributed by atoms with E-state index < -0.39 is 5.91 Å². The molecule has 0 aromatic heterocycles. The number of rotatable bonds is 1. The summed E-state index contributed by atoms with van der Waals surface area (Å²) in [6.07, 6.45) is 0. The molecule has 0 radical (unpaired) electrons. The SMILES string of the molecule is NNC(=O)c1c(Cl)c(Cl)c(Cl)c(Cl)c1Cl. The highest BCUT2D eigenvalue weighted by Crippen LogP contribution is 2.43. The number of hydrogen-bond donors (Lipinski definition) is 2. The molecule has 0 saturated carbocycles. The fourth-order valence-electron chi connectivity index (χ4n) is 0.876. The quantitative estimate of drug-likeness (QED) is 0.274. The molecule has 1 aromatic rings. The molecule has 0 atom stereocenters. The van der Waals surface area contributed by atoms with Gasteiger partial charge in [0.2, 0.25) is 0 Å². The van der Waals surface area contributed by atoms with Crippen LogP contribution in [0.4, 0.5) is 0 Å². The summed E-state index contributed by atoms with van der Waals surface area (Å²) in [5.41, 5.74) is 1.76. The first-order chi connectivity index (χ1) is 6.91. The third kappa shape index (κ3) is 2.28. The molecule has 0 spiro atoms. The van der Waals surface area contributed by atoms with E-state index in [0.717, 1.165) is 0 Å². The van der Waals surface area contributed by atoms with Crippen LogP contribution < -0.4 is 11.3 Å². The van der Waals surface area contributed by atoms with Crippen molar-refractivity contribution in [2.45, 2.75) is 0 Å². The molecule has 15 heavy (non-hydrogen) atoms. The number of nitrogen functional groups attached to an aromatic ring is 1. The second-order valence-electron chi connectivity index (χ2n) is 2.42. The molecule has 0 aliphatic rings. The van der Waals surface area contributed by atoms with Crippen LogP contribution >= 0.6 is 58.0 Å². The lowest BCUT2D eigenvalue weighted by Crippen LogP contribution is -2.30. The van der Waals surface area contributed by atoms with Crippen LogP contribution in [-0.4, -0.2) is 5.91 Å². The van der Waals surface area contributed by atoms with Gasteiger partial charge in [0.1, 0.15) is 0 Å². The van der Waals surface area contributed by atoms with E-state index in [1.807, 2.05) is 5.43 Å². The number of carbonyl (C=O) groups excluding carboxylic acids is 1. The Kier molecular flexibility index (Phi) is 4.35. The predicted molar refractivity (Wildman–Crippen MR) is 63.1 cm³/mol. The standard InChI is InChI=1S/C7H3Cl5N2O/c8-2-1(7(15)14-13)3(9)5(11)6(12)4(2)10/h13H2,(H,14,15). The Bertz CT molecular complexity index is 405. The monoisotopic (exact) mass is 306 g/mol. The summed E-state index contributed by atoms with van der Waals surface area (Å²) in [5.74, 6) is 4.24. The van der Waals surface area contributed by atoms with E-state index in [0.29, 0.717) is 0 Å². The molecule has 1 aromatic carbocycles. The zero-order chi connectivity index (χ0) is 11.7. The summed E-state index contributed by atoms with van der Waals surface area (Å²) in [6, 6.07) is 0. The van der Waals surface area contributed by atoms with Crippen LogP contribution in [0, 0.1) is 0 Å². The van der Waals surface area contributed by atoms with E-state index in [9.17, 15) is 4.79 Å². The van der Waals surface area contributed by atoms with Gasteiger partial charge in [0.05, 0.1) is 30.7 Å². The lowest BCUT2D eigenvalue weighted by Gasteiger charge is -2.10. The molecule has 0 unspecified atom stereocenters. The van der Waals surface area contributed by atoms with Gasteiger partial charge in [0, 0.05) is 0 Å². The molecule has 0 heterocycles. The van der Waals surface area contributed by atoms with Gasteiger partial charge in [-0.15, -0.1) is 0 Å². The number of halogens is 5. The first-order valence-corrected chi connectivity index (χ1v) is 5.33. The molecular formula is C7H3Cl5N2O. The van der Waals surface area contributed by atoms with Gasteiger partial charge in [-0.1, -0.05) is 58.0 Å². The number of benzene rings is 1. The topological polar surface area (TPSA) is 55.1 Å². The highest BCUT2D eigenvalue weighted by Gasteiger charge is 2.23. The van der Waals surface area contributed by atoms with Crippen molar-refractivity contribution < 1.29 is 4.79 Å². The van der Waals surface area contributed by atoms with Crippen LogP contribution in [0.5, 0.6) is 0 Å². The van der Waals surface area contributed by atoms with Gasteiger partial charge in [-0.25, -0.2) is 5.84 Å². The van der Waals surface area contributed by atoms with Crippen molar-refractivity contribution in [3.05, 3.63) is 30.7 Å². The van der Waals surface area contributed by atoms with Gasteiger partial charge >= 0.3 is 0 Å². The van der Waals surface area contributed by atoms with Crippen LogP contribution in [0.2, 0.25) is 25.1 Å². The normalized spacial score (nSPS) is 10.3. The summed E-state index contributed by atoms with van der Waals surface area (Å²) in [6.45, 7) is 0. The van der Waals surface area contributed by atoms with Gasteiger partial charge < -0.3 is 0 Å². The lowest BCUT2D eigenvalue weighted by atomic mass is 10.2. The Morgan fingerprint density at radius 1 is 0.867 bits per heavy atom. The molecule has 0 aliphatic carbocycles. The van der Waals surface area contributed by atoms with Crippen LogP contribution in [0.3, 0.4) is 0 Å². The Morgan fingerprint density at radius 2 is 1.20 bits per heavy atom. The molecule has 0 bridgehead atoms. The number of nitrogens with one attached hydrogen (secondary N) is 1. The minimum Gasteiger partial charge on any atom is -0.290 e. The molecule has 3 nitrogen and oxygen atoms in total. The predicted octanol–water partition coefficient (Wildman–Crippen LogP) is 3.56. The molecule has 8 heteroatoms. The summed E-state index contributed by atoms with van der Waals surface area (Å²) >= 11 is 28.7. The Labute approximate surface area is 110 Å². The lowest BCUT2D eigenvalue weighted by molar-refractivity contribution is 0.0954. The largest absolute Gasteiger partial charge is 0.290 e. The van der Waals surface area contributed by atoms with Gasteiger partial charge in [-0.3, -0.25) is 10.2 Å². The average Bonchev–Trinajstić information content (AvgIpc) is 2.23. The van der Waals surface area contributed by atoms with E-state index in [2.05, 4.69) is 0 Å². The molecule has 1 rings (SSSR count).